The van der Waals surface area contributed by atoms with Crippen molar-refractivity contribution in [3.8, 4) is 0 Å². The molecule has 0 aliphatic heterocycles. The van der Waals surface area contributed by atoms with Gasteiger partial charge in [-0.3, -0.25) is 0 Å². The fraction of sp³-hybridized carbons (Fsp3) is 0. The summed E-state index contributed by atoms with van der Waals surface area (Å²) in [6, 6.07) is 0. The molecule has 0 spiro atoms. The molecule has 0 fully saturated rings. The zero-order chi connectivity index (χ0) is 0. The summed E-state index contributed by atoms with van der Waals surface area (Å²) in [7, 11) is 0. The molecule has 0 rings (SSSR count). The molecule has 0 radical (unpaired) electrons. The summed E-state index contributed by atoms with van der Waals surface area (Å²) in [6.45, 7) is 0. The van der Waals surface area contributed by atoms with E-state index in [1.54, 1.807) is 0 Å². The number of hydrogen-bond donors (Lipinski definition) is 0. The Labute approximate surface area is 73.4 Å². The van der Waals surface area contributed by atoms with E-state index in [9.17, 15) is 0 Å². The van der Waals surface area contributed by atoms with Crippen LogP contribution in [0.2, 0.25) is 0 Å². The summed E-state index contributed by atoms with van der Waals surface area (Å²) in [5, 5.41) is 0. The van der Waals surface area contributed by atoms with E-state index in [2.05, 4.69) is 0 Å². The third-order valence-corrected chi connectivity index (χ3v) is 0. The van der Waals surface area contributed by atoms with Crippen LogP contribution >= 0.6 is 9.90 Å². The predicted octanol–water partition coefficient (Wildman–Crippen LogP) is 0.0506. The normalized spacial score (nSPS) is 0. The molecule has 0 aromatic rings. The summed E-state index contributed by atoms with van der Waals surface area (Å²) in [4.78, 5) is 0. The molecule has 4 heavy (non-hydrogen) atoms. The second-order valence-corrected chi connectivity index (χ2v) is 0. The van der Waals surface area contributed by atoms with Gasteiger partial charge in [-0.1, -0.05) is 0 Å². The molecule has 1 unspecified atom stereocenters. The molecule has 0 aliphatic rings. The summed E-state index contributed by atoms with van der Waals surface area (Å²) in [5.74, 6) is 0. The van der Waals surface area contributed by atoms with E-state index in [0.717, 1.165) is 0 Å². The van der Waals surface area contributed by atoms with Crippen LogP contribution in [-0.4, -0.2) is 0 Å². The Bertz CT molecular complexity index is 8.00. The van der Waals surface area contributed by atoms with Gasteiger partial charge in [0.15, 0.2) is 0 Å². The van der Waals surface area contributed by atoms with Gasteiger partial charge < -0.3 is 0 Å². The number of hydrogen-bond acceptors (Lipinski definition) is 0. The third-order valence-electron chi connectivity index (χ3n) is 0. The summed E-state index contributed by atoms with van der Waals surface area (Å²) >= 11 is 0. The SMILES string of the molecule is P.[Ni].[Ti].[Zr]. The quantitative estimate of drug-likeness (QED) is 0.408. The summed E-state index contributed by atoms with van der Waals surface area (Å²) in [5.41, 5.74) is 0. The molecule has 0 aromatic heterocycles. The van der Waals surface area contributed by atoms with Crippen LogP contribution in [0.1, 0.15) is 0 Å². The standard InChI is InChI=1S/Ni.H3P.Ti.Zr/h;1H3;;. The second kappa shape index (κ2) is 17.8. The van der Waals surface area contributed by atoms with Crippen LogP contribution in [0.3, 0.4) is 0 Å². The van der Waals surface area contributed by atoms with Crippen molar-refractivity contribution in [3.05, 3.63) is 0 Å². The van der Waals surface area contributed by atoms with Gasteiger partial charge in [0.1, 0.15) is 0 Å². The van der Waals surface area contributed by atoms with Crippen molar-refractivity contribution in [3.63, 3.8) is 0 Å². The van der Waals surface area contributed by atoms with Gasteiger partial charge in [0.05, 0.1) is 0 Å². The topological polar surface area (TPSA) is 0 Å². The maximum atomic E-state index is 0. The zero-order valence-electron chi connectivity index (χ0n) is 2.02. The second-order valence-electron chi connectivity index (χ2n) is 0. The first-order chi connectivity index (χ1) is 0. The van der Waals surface area contributed by atoms with Crippen molar-refractivity contribution < 1.29 is 64.4 Å². The average Bonchev–Trinajstić information content (AvgIpc) is 0. The minimum absolute atomic E-state index is 0. The minimum atomic E-state index is 0. The molecular formula is H3NiPTiZr. The number of rotatable bonds is 0. The maximum Gasteiger partial charge on any atom is 0 e. The Hall–Kier alpha value is 2.52. The molecule has 0 nitrogen and oxygen atoms in total. The van der Waals surface area contributed by atoms with Crippen molar-refractivity contribution >= 4 is 9.90 Å². The van der Waals surface area contributed by atoms with Crippen LogP contribution < -0.4 is 0 Å². The van der Waals surface area contributed by atoms with Crippen molar-refractivity contribution in [2.45, 2.75) is 0 Å². The van der Waals surface area contributed by atoms with Crippen LogP contribution in [-0.2, 0) is 64.4 Å². The fourth-order valence-electron chi connectivity index (χ4n) is 0. The van der Waals surface area contributed by atoms with Crippen LogP contribution in [0.5, 0.6) is 0 Å². The van der Waals surface area contributed by atoms with Crippen LogP contribution in [0, 0.1) is 0 Å². The van der Waals surface area contributed by atoms with Crippen molar-refractivity contribution in [2.24, 2.45) is 0 Å². The molecule has 4 heteroatoms. The first-order valence-corrected chi connectivity index (χ1v) is 0. The van der Waals surface area contributed by atoms with Crippen LogP contribution in [0.4, 0.5) is 0 Å². The Morgan fingerprint density at radius 1 is 1.00 bits per heavy atom. The van der Waals surface area contributed by atoms with Gasteiger partial charge >= 0.3 is 0 Å². The molecule has 26 valence electrons. The smallest absolute Gasteiger partial charge is 0 e. The molecule has 0 aromatic carbocycles. The molecule has 0 amide bonds. The average molecular weight is 232 g/mol. The van der Waals surface area contributed by atoms with E-state index < -0.39 is 0 Å². The van der Waals surface area contributed by atoms with Gasteiger partial charge in [-0.05, 0) is 0 Å². The van der Waals surface area contributed by atoms with Gasteiger partial charge in [0, 0.05) is 64.4 Å². The largest absolute Gasteiger partial charge is 0.153 e. The van der Waals surface area contributed by atoms with Gasteiger partial charge in [0.2, 0.25) is 0 Å². The Morgan fingerprint density at radius 2 is 1.00 bits per heavy atom. The molecular weight excluding hydrogens is 229 g/mol. The first kappa shape index (κ1) is 31.3. The van der Waals surface area contributed by atoms with Gasteiger partial charge in [0.25, 0.3) is 0 Å². The molecule has 0 saturated heterocycles. The van der Waals surface area contributed by atoms with Crippen molar-refractivity contribution in [1.29, 1.82) is 0 Å². The van der Waals surface area contributed by atoms with Crippen LogP contribution in [0.25, 0.3) is 0 Å². The Morgan fingerprint density at radius 3 is 1.00 bits per heavy atom. The Balaban J connectivity index is 0. The van der Waals surface area contributed by atoms with Crippen LogP contribution in [0.15, 0.2) is 0 Å². The first-order valence-electron chi connectivity index (χ1n) is 0. The van der Waals surface area contributed by atoms with E-state index in [1.807, 2.05) is 0 Å². The van der Waals surface area contributed by atoms with Gasteiger partial charge in [-0.15, -0.1) is 0 Å². The van der Waals surface area contributed by atoms with E-state index in [0.29, 0.717) is 0 Å². The molecule has 0 heterocycles. The summed E-state index contributed by atoms with van der Waals surface area (Å²) in [6.07, 6.45) is 0. The minimum Gasteiger partial charge on any atom is -0.153 e. The van der Waals surface area contributed by atoms with E-state index in [1.165, 1.54) is 0 Å². The van der Waals surface area contributed by atoms with E-state index >= 15 is 0 Å². The van der Waals surface area contributed by atoms with E-state index in [4.69, 9.17) is 0 Å². The fourth-order valence-corrected chi connectivity index (χ4v) is 0. The summed E-state index contributed by atoms with van der Waals surface area (Å²) < 4.78 is 0. The maximum absolute atomic E-state index is 0. The van der Waals surface area contributed by atoms with Crippen molar-refractivity contribution in [1.82, 2.24) is 0 Å². The van der Waals surface area contributed by atoms with Gasteiger partial charge in [-0.2, -0.15) is 9.90 Å². The Kier molecular flexibility index (Phi) is 139. The molecule has 0 N–H and O–H groups in total. The van der Waals surface area contributed by atoms with Crippen molar-refractivity contribution in [2.75, 3.05) is 0 Å². The third kappa shape index (κ3) is 8.82. The molecule has 0 saturated carbocycles. The molecule has 1 atom stereocenters. The monoisotopic (exact) mass is 230 g/mol. The van der Waals surface area contributed by atoms with Gasteiger partial charge in [-0.25, -0.2) is 0 Å². The predicted molar refractivity (Wildman–Crippen MR) is 11.1 cm³/mol. The molecule has 0 bridgehead atoms. The zero-order valence-corrected chi connectivity index (χ0v) is 8.44. The molecule has 0 aliphatic carbocycles. The van der Waals surface area contributed by atoms with E-state index in [-0.39, 0.29) is 74.3 Å².